The highest BCUT2D eigenvalue weighted by Crippen LogP contribution is 2.30. The van der Waals surface area contributed by atoms with Crippen molar-refractivity contribution in [2.45, 2.75) is 31.7 Å². The summed E-state index contributed by atoms with van der Waals surface area (Å²) in [5, 5.41) is 3.29. The minimum absolute atomic E-state index is 0.115. The maximum Gasteiger partial charge on any atom is 0.285 e. The van der Waals surface area contributed by atoms with E-state index in [1.807, 2.05) is 4.90 Å². The van der Waals surface area contributed by atoms with Gasteiger partial charge in [0.05, 0.1) is 6.54 Å². The van der Waals surface area contributed by atoms with E-state index >= 15 is 0 Å². The normalized spacial score (nSPS) is 21.5. The predicted molar refractivity (Wildman–Crippen MR) is 73.5 cm³/mol. The second-order valence-electron chi connectivity index (χ2n) is 5.19. The van der Waals surface area contributed by atoms with E-state index in [2.05, 4.69) is 12.2 Å². The summed E-state index contributed by atoms with van der Waals surface area (Å²) in [5.41, 5.74) is 0.115. The predicted octanol–water partition coefficient (Wildman–Crippen LogP) is 2.85. The Morgan fingerprint density at radius 3 is 2.74 bits per heavy atom. The highest BCUT2D eigenvalue weighted by molar-refractivity contribution is 5.20. The van der Waals surface area contributed by atoms with Crippen molar-refractivity contribution in [1.82, 2.24) is 10.2 Å². The molecule has 1 heterocycles. The Labute approximate surface area is 113 Å². The Morgan fingerprint density at radius 1 is 1.32 bits per heavy atom. The molecule has 4 heteroatoms. The molecule has 0 aliphatic carbocycles. The molecule has 0 amide bonds. The van der Waals surface area contributed by atoms with E-state index in [1.165, 1.54) is 12.1 Å². The lowest BCUT2D eigenvalue weighted by Gasteiger charge is -2.38. The van der Waals surface area contributed by atoms with Crippen LogP contribution in [-0.2, 0) is 5.92 Å². The number of nitrogens with one attached hydrogen (secondary N) is 1. The van der Waals surface area contributed by atoms with E-state index < -0.39 is 5.92 Å². The van der Waals surface area contributed by atoms with Crippen LogP contribution in [0, 0.1) is 0 Å². The standard InChI is InChI=1S/C15H22F2N2/c1-2-6-14-11-18-9-10-19(14)12-15(16,17)13-7-4-3-5-8-13/h3-5,7-8,14,18H,2,6,9-12H2,1H3. The lowest BCUT2D eigenvalue weighted by Crippen LogP contribution is -2.53. The van der Waals surface area contributed by atoms with Gasteiger partial charge in [0.15, 0.2) is 0 Å². The van der Waals surface area contributed by atoms with Crippen LogP contribution in [0.3, 0.4) is 0 Å². The Bertz CT molecular complexity index is 379. The van der Waals surface area contributed by atoms with Gasteiger partial charge in [-0.15, -0.1) is 0 Å². The number of benzene rings is 1. The highest BCUT2D eigenvalue weighted by Gasteiger charge is 2.36. The Hall–Kier alpha value is -1.00. The van der Waals surface area contributed by atoms with Crippen LogP contribution in [0.4, 0.5) is 8.78 Å². The fourth-order valence-corrected chi connectivity index (χ4v) is 2.66. The number of alkyl halides is 2. The summed E-state index contributed by atoms with van der Waals surface area (Å²) in [6.07, 6.45) is 2.00. The van der Waals surface area contributed by atoms with Crippen molar-refractivity contribution in [3.8, 4) is 0 Å². The summed E-state index contributed by atoms with van der Waals surface area (Å²) >= 11 is 0. The number of halogens is 2. The number of hydrogen-bond donors (Lipinski definition) is 1. The summed E-state index contributed by atoms with van der Waals surface area (Å²) < 4.78 is 28.6. The van der Waals surface area contributed by atoms with E-state index in [4.69, 9.17) is 0 Å². The van der Waals surface area contributed by atoms with E-state index in [0.29, 0.717) is 6.54 Å². The first-order valence-corrected chi connectivity index (χ1v) is 7.01. The fraction of sp³-hybridized carbons (Fsp3) is 0.600. The van der Waals surface area contributed by atoms with Crippen LogP contribution in [0.25, 0.3) is 0 Å². The zero-order valence-electron chi connectivity index (χ0n) is 11.4. The first-order chi connectivity index (χ1) is 9.13. The Balaban J connectivity index is 2.05. The molecule has 0 saturated carbocycles. The van der Waals surface area contributed by atoms with Gasteiger partial charge in [-0.1, -0.05) is 43.7 Å². The zero-order chi connectivity index (χ0) is 13.7. The molecular weight excluding hydrogens is 246 g/mol. The molecule has 1 aromatic rings. The van der Waals surface area contributed by atoms with Crippen LogP contribution in [0.1, 0.15) is 25.3 Å². The van der Waals surface area contributed by atoms with Gasteiger partial charge >= 0.3 is 0 Å². The number of piperazine rings is 1. The largest absolute Gasteiger partial charge is 0.314 e. The average molecular weight is 268 g/mol. The molecule has 1 aliphatic rings. The lowest BCUT2D eigenvalue weighted by molar-refractivity contribution is -0.0528. The van der Waals surface area contributed by atoms with Gasteiger partial charge in [0.2, 0.25) is 0 Å². The molecule has 1 atom stereocenters. The molecule has 2 nitrogen and oxygen atoms in total. The van der Waals surface area contributed by atoms with Crippen LogP contribution in [-0.4, -0.2) is 37.1 Å². The molecule has 1 aromatic carbocycles. The van der Waals surface area contributed by atoms with Crippen LogP contribution < -0.4 is 5.32 Å². The molecule has 1 saturated heterocycles. The third kappa shape index (κ3) is 3.74. The molecule has 0 spiro atoms. The molecule has 0 aromatic heterocycles. The number of nitrogens with zero attached hydrogens (tertiary/aromatic N) is 1. The average Bonchev–Trinajstić information content (AvgIpc) is 2.42. The zero-order valence-corrected chi connectivity index (χ0v) is 11.4. The van der Waals surface area contributed by atoms with Crippen LogP contribution in [0.2, 0.25) is 0 Å². The summed E-state index contributed by atoms with van der Waals surface area (Å²) in [7, 11) is 0. The van der Waals surface area contributed by atoms with E-state index in [9.17, 15) is 8.78 Å². The van der Waals surface area contributed by atoms with Gasteiger partial charge in [-0.2, -0.15) is 8.78 Å². The van der Waals surface area contributed by atoms with Crippen LogP contribution in [0.15, 0.2) is 30.3 Å². The summed E-state index contributed by atoms with van der Waals surface area (Å²) in [6.45, 7) is 4.24. The van der Waals surface area contributed by atoms with Crippen LogP contribution in [0.5, 0.6) is 0 Å². The molecule has 1 aliphatic heterocycles. The van der Waals surface area contributed by atoms with Crippen molar-refractivity contribution in [2.75, 3.05) is 26.2 Å². The third-order valence-corrected chi connectivity index (χ3v) is 3.69. The third-order valence-electron chi connectivity index (χ3n) is 3.69. The second kappa shape index (κ2) is 6.44. The Morgan fingerprint density at radius 2 is 2.05 bits per heavy atom. The van der Waals surface area contributed by atoms with E-state index in [0.717, 1.165) is 25.9 Å². The maximum absolute atomic E-state index is 14.3. The molecular formula is C15H22F2N2. The quantitative estimate of drug-likeness (QED) is 0.883. The highest BCUT2D eigenvalue weighted by atomic mass is 19.3. The fourth-order valence-electron chi connectivity index (χ4n) is 2.66. The van der Waals surface area contributed by atoms with Gasteiger partial charge in [0.1, 0.15) is 0 Å². The topological polar surface area (TPSA) is 15.3 Å². The van der Waals surface area contributed by atoms with Gasteiger partial charge in [0.25, 0.3) is 5.92 Å². The van der Waals surface area contributed by atoms with Crippen molar-refractivity contribution in [3.05, 3.63) is 35.9 Å². The molecule has 19 heavy (non-hydrogen) atoms. The van der Waals surface area contributed by atoms with Crippen molar-refractivity contribution in [3.63, 3.8) is 0 Å². The van der Waals surface area contributed by atoms with Crippen LogP contribution >= 0.6 is 0 Å². The Kier molecular flexibility index (Phi) is 4.88. The molecule has 2 rings (SSSR count). The molecule has 1 fully saturated rings. The van der Waals surface area contributed by atoms with Gasteiger partial charge in [0, 0.05) is 31.2 Å². The molecule has 1 N–H and O–H groups in total. The summed E-state index contributed by atoms with van der Waals surface area (Å²) in [5.74, 6) is -2.77. The van der Waals surface area contributed by atoms with Crippen molar-refractivity contribution in [1.29, 1.82) is 0 Å². The minimum atomic E-state index is -2.77. The summed E-state index contributed by atoms with van der Waals surface area (Å²) in [6, 6.07) is 8.36. The SMILES string of the molecule is CCCC1CNCCN1CC(F)(F)c1ccccc1. The second-order valence-corrected chi connectivity index (χ2v) is 5.19. The molecule has 0 radical (unpaired) electrons. The van der Waals surface area contributed by atoms with E-state index in [1.54, 1.807) is 18.2 Å². The van der Waals surface area contributed by atoms with Crippen molar-refractivity contribution in [2.24, 2.45) is 0 Å². The molecule has 106 valence electrons. The maximum atomic E-state index is 14.3. The summed E-state index contributed by atoms with van der Waals surface area (Å²) in [4.78, 5) is 1.94. The van der Waals surface area contributed by atoms with Gasteiger partial charge in [-0.3, -0.25) is 4.90 Å². The van der Waals surface area contributed by atoms with Crippen molar-refractivity contribution < 1.29 is 8.78 Å². The monoisotopic (exact) mass is 268 g/mol. The number of rotatable bonds is 5. The van der Waals surface area contributed by atoms with Gasteiger partial charge in [-0.25, -0.2) is 0 Å². The number of hydrogen-bond acceptors (Lipinski definition) is 2. The lowest BCUT2D eigenvalue weighted by atomic mass is 10.0. The first kappa shape index (κ1) is 14.4. The van der Waals surface area contributed by atoms with Crippen molar-refractivity contribution >= 4 is 0 Å². The van der Waals surface area contributed by atoms with Gasteiger partial charge in [-0.05, 0) is 6.42 Å². The smallest absolute Gasteiger partial charge is 0.285 e. The minimum Gasteiger partial charge on any atom is -0.314 e. The first-order valence-electron chi connectivity index (χ1n) is 7.01. The van der Waals surface area contributed by atoms with E-state index in [-0.39, 0.29) is 18.2 Å². The molecule has 1 unspecified atom stereocenters. The van der Waals surface area contributed by atoms with Gasteiger partial charge < -0.3 is 5.32 Å². The molecule has 0 bridgehead atoms.